The average molecular weight is 582 g/mol. The summed E-state index contributed by atoms with van der Waals surface area (Å²) in [6.07, 6.45) is 1.91. The molecule has 222 valence electrons. The molecule has 5 rings (SSSR count). The van der Waals surface area contributed by atoms with Crippen LogP contribution in [0, 0.1) is 5.82 Å². The molecule has 2 aromatic heterocycles. The van der Waals surface area contributed by atoms with Crippen molar-refractivity contribution in [2.75, 3.05) is 59.0 Å². The van der Waals surface area contributed by atoms with Crippen molar-refractivity contribution in [3.63, 3.8) is 0 Å². The van der Waals surface area contributed by atoms with Crippen molar-refractivity contribution < 1.29 is 28.6 Å². The number of pyridine rings is 2. The van der Waals surface area contributed by atoms with Gasteiger partial charge >= 0.3 is 12.1 Å². The van der Waals surface area contributed by atoms with Crippen LogP contribution in [-0.4, -0.2) is 101 Å². The molecule has 3 aromatic rings. The summed E-state index contributed by atoms with van der Waals surface area (Å²) in [6.45, 7) is 3.19. The lowest BCUT2D eigenvalue weighted by Gasteiger charge is -2.27. The number of carbonyl (C=O) groups is 3. The lowest BCUT2D eigenvalue weighted by molar-refractivity contribution is 0.0532. The summed E-state index contributed by atoms with van der Waals surface area (Å²) in [5.74, 6) is -1.72. The van der Waals surface area contributed by atoms with Gasteiger partial charge in [0.25, 0.3) is 11.5 Å². The Hall–Kier alpha value is -4.72. The molecule has 2 aliphatic heterocycles. The zero-order valence-electron chi connectivity index (χ0n) is 22.9. The first-order valence-electron chi connectivity index (χ1n) is 13.7. The maximum Gasteiger partial charge on any atom is 0.317 e. The highest BCUT2D eigenvalue weighted by Gasteiger charge is 2.25. The van der Waals surface area contributed by atoms with E-state index in [1.807, 2.05) is 0 Å². The van der Waals surface area contributed by atoms with E-state index >= 15 is 0 Å². The minimum absolute atomic E-state index is 0.00159. The lowest BCUT2D eigenvalue weighted by Crippen LogP contribution is -2.47. The molecule has 4 N–H and O–H groups in total. The largest absolute Gasteiger partial charge is 0.505 e. The summed E-state index contributed by atoms with van der Waals surface area (Å²) in [5.41, 5.74) is 0.602. The van der Waals surface area contributed by atoms with E-state index in [2.05, 4.69) is 20.9 Å². The molecule has 0 spiro atoms. The molecule has 2 saturated heterocycles. The minimum Gasteiger partial charge on any atom is -0.505 e. The van der Waals surface area contributed by atoms with Gasteiger partial charge in [0.1, 0.15) is 16.9 Å². The molecule has 0 aliphatic carbocycles. The van der Waals surface area contributed by atoms with Crippen molar-refractivity contribution in [2.24, 2.45) is 0 Å². The standard InChI is InChI=1S/C28H32FN7O6/c29-20-3-1-18(2-4-20)15-19-16-21-23(33-17-19)24(37)22(25(38)30-5-8-34-9-6-31-27(34)40)26(39)36(21)10-7-32-28(41)35-11-13-42-14-12-35/h1-4,16-17,37H,5-15H2,(H,30,38)(H,31,40)(H,32,41). The van der Waals surface area contributed by atoms with Gasteiger partial charge in [-0.2, -0.15) is 0 Å². The van der Waals surface area contributed by atoms with Crippen LogP contribution in [0.1, 0.15) is 21.5 Å². The number of halogens is 1. The van der Waals surface area contributed by atoms with E-state index < -0.39 is 22.8 Å². The van der Waals surface area contributed by atoms with Crippen molar-refractivity contribution in [3.05, 3.63) is 69.4 Å². The van der Waals surface area contributed by atoms with E-state index in [0.717, 1.165) is 5.56 Å². The summed E-state index contributed by atoms with van der Waals surface area (Å²) in [4.78, 5) is 58.7. The predicted molar refractivity (Wildman–Crippen MR) is 150 cm³/mol. The molecule has 13 nitrogen and oxygen atoms in total. The maximum absolute atomic E-state index is 13.7. The quantitative estimate of drug-likeness (QED) is 0.289. The maximum atomic E-state index is 13.7. The Morgan fingerprint density at radius 2 is 1.76 bits per heavy atom. The highest BCUT2D eigenvalue weighted by atomic mass is 19.1. The number of benzene rings is 1. The molecule has 5 amide bonds. The summed E-state index contributed by atoms with van der Waals surface area (Å²) in [7, 11) is 0. The van der Waals surface area contributed by atoms with Crippen molar-refractivity contribution in [2.45, 2.75) is 13.0 Å². The van der Waals surface area contributed by atoms with Gasteiger partial charge in [-0.15, -0.1) is 0 Å². The predicted octanol–water partition coefficient (Wildman–Crippen LogP) is 0.629. The normalized spacial score (nSPS) is 15.1. The Morgan fingerprint density at radius 1 is 1.02 bits per heavy atom. The van der Waals surface area contributed by atoms with Gasteiger partial charge < -0.3 is 40.2 Å². The second kappa shape index (κ2) is 12.9. The number of nitrogens with one attached hydrogen (secondary N) is 3. The van der Waals surface area contributed by atoms with Gasteiger partial charge in [0, 0.05) is 58.6 Å². The first kappa shape index (κ1) is 28.8. The van der Waals surface area contributed by atoms with Crippen molar-refractivity contribution in [1.82, 2.24) is 35.3 Å². The van der Waals surface area contributed by atoms with Gasteiger partial charge in [-0.05, 0) is 35.7 Å². The van der Waals surface area contributed by atoms with Crippen LogP contribution in [0.2, 0.25) is 0 Å². The summed E-state index contributed by atoms with van der Waals surface area (Å²) in [6, 6.07) is 7.14. The number of amides is 5. The highest BCUT2D eigenvalue weighted by Crippen LogP contribution is 2.26. The van der Waals surface area contributed by atoms with Crippen LogP contribution in [0.4, 0.5) is 14.0 Å². The molecule has 0 atom stereocenters. The van der Waals surface area contributed by atoms with E-state index in [9.17, 15) is 28.7 Å². The monoisotopic (exact) mass is 581 g/mol. The fourth-order valence-corrected chi connectivity index (χ4v) is 4.98. The Kier molecular flexibility index (Phi) is 8.81. The molecule has 0 radical (unpaired) electrons. The fourth-order valence-electron chi connectivity index (χ4n) is 4.98. The average Bonchev–Trinajstić information content (AvgIpc) is 3.40. The van der Waals surface area contributed by atoms with Crippen LogP contribution < -0.4 is 21.5 Å². The second-order valence-electron chi connectivity index (χ2n) is 10.0. The van der Waals surface area contributed by atoms with Crippen LogP contribution in [0.25, 0.3) is 11.0 Å². The first-order chi connectivity index (χ1) is 20.3. The van der Waals surface area contributed by atoms with Gasteiger partial charge in [-0.1, -0.05) is 12.1 Å². The molecule has 42 heavy (non-hydrogen) atoms. The zero-order valence-corrected chi connectivity index (χ0v) is 22.9. The third kappa shape index (κ3) is 6.43. The van der Waals surface area contributed by atoms with E-state index in [4.69, 9.17) is 4.74 Å². The van der Waals surface area contributed by atoms with Gasteiger partial charge in [0.15, 0.2) is 5.75 Å². The molecular weight excluding hydrogens is 549 g/mol. The van der Waals surface area contributed by atoms with Crippen LogP contribution in [-0.2, 0) is 17.7 Å². The molecule has 1 aromatic carbocycles. The number of rotatable bonds is 9. The zero-order chi connectivity index (χ0) is 29.6. The van der Waals surface area contributed by atoms with E-state index in [-0.39, 0.29) is 55.1 Å². The number of morpholine rings is 1. The number of aromatic hydroxyl groups is 1. The summed E-state index contributed by atoms with van der Waals surface area (Å²) < 4.78 is 20.0. The van der Waals surface area contributed by atoms with Gasteiger partial charge in [-0.25, -0.2) is 14.0 Å². The van der Waals surface area contributed by atoms with Crippen LogP contribution in [0.5, 0.6) is 5.75 Å². The first-order valence-corrected chi connectivity index (χ1v) is 13.7. The molecule has 0 bridgehead atoms. The highest BCUT2D eigenvalue weighted by molar-refractivity contribution is 6.01. The number of urea groups is 2. The van der Waals surface area contributed by atoms with Crippen molar-refractivity contribution >= 4 is 29.0 Å². The third-order valence-electron chi connectivity index (χ3n) is 7.21. The summed E-state index contributed by atoms with van der Waals surface area (Å²) in [5, 5.41) is 19.1. The molecule has 2 aliphatic rings. The molecule has 0 unspecified atom stereocenters. The van der Waals surface area contributed by atoms with E-state index in [1.54, 1.807) is 23.1 Å². The van der Waals surface area contributed by atoms with Crippen molar-refractivity contribution in [1.29, 1.82) is 0 Å². The number of fused-ring (bicyclic) bond motifs is 1. The Balaban J connectivity index is 1.41. The summed E-state index contributed by atoms with van der Waals surface area (Å²) >= 11 is 0. The lowest BCUT2D eigenvalue weighted by atomic mass is 10.1. The van der Waals surface area contributed by atoms with E-state index in [0.29, 0.717) is 51.4 Å². The fraction of sp³-hybridized carbons (Fsp3) is 0.393. The Bertz CT molecular complexity index is 1540. The van der Waals surface area contributed by atoms with Crippen LogP contribution in [0.15, 0.2) is 41.3 Å². The SMILES string of the molecule is O=C(NCCN1CCNC1=O)c1c(O)c2ncc(Cc3ccc(F)cc3)cc2n(CCNC(=O)N2CCOCC2)c1=O. The van der Waals surface area contributed by atoms with Gasteiger partial charge in [0.2, 0.25) is 0 Å². The number of carbonyl (C=O) groups excluding carboxylic acids is 3. The third-order valence-corrected chi connectivity index (χ3v) is 7.21. The molecule has 14 heteroatoms. The molecule has 2 fully saturated rings. The topological polar surface area (TPSA) is 158 Å². The molecule has 4 heterocycles. The second-order valence-corrected chi connectivity index (χ2v) is 10.0. The van der Waals surface area contributed by atoms with Gasteiger partial charge in [0.05, 0.1) is 18.7 Å². The number of hydrogen-bond acceptors (Lipinski definition) is 7. The van der Waals surface area contributed by atoms with Crippen LogP contribution >= 0.6 is 0 Å². The molecule has 0 saturated carbocycles. The number of aromatic nitrogens is 2. The number of ether oxygens (including phenoxy) is 1. The Labute approximate surface area is 240 Å². The number of nitrogens with zero attached hydrogens (tertiary/aromatic N) is 4. The number of hydrogen-bond donors (Lipinski definition) is 4. The smallest absolute Gasteiger partial charge is 0.317 e. The van der Waals surface area contributed by atoms with Gasteiger partial charge in [-0.3, -0.25) is 14.6 Å². The Morgan fingerprint density at radius 3 is 2.48 bits per heavy atom. The molecular formula is C28H32FN7O6. The van der Waals surface area contributed by atoms with E-state index in [1.165, 1.54) is 27.8 Å². The van der Waals surface area contributed by atoms with Crippen LogP contribution in [0.3, 0.4) is 0 Å². The minimum atomic E-state index is -0.803. The van der Waals surface area contributed by atoms with Crippen molar-refractivity contribution in [3.8, 4) is 5.75 Å².